The van der Waals surface area contributed by atoms with Crippen molar-refractivity contribution in [2.24, 2.45) is 5.10 Å². The summed E-state index contributed by atoms with van der Waals surface area (Å²) in [5.41, 5.74) is 4.85. The Balaban J connectivity index is 1.53. The first-order valence-electron chi connectivity index (χ1n) is 8.59. The minimum absolute atomic E-state index is 0.283. The smallest absolute Gasteiger partial charge is 0.271 e. The van der Waals surface area contributed by atoms with E-state index < -0.39 is 0 Å². The van der Waals surface area contributed by atoms with Crippen LogP contribution in [-0.2, 0) is 6.61 Å². The van der Waals surface area contributed by atoms with E-state index in [0.717, 1.165) is 11.1 Å². The molecule has 28 heavy (non-hydrogen) atoms. The van der Waals surface area contributed by atoms with Gasteiger partial charge in [0.15, 0.2) is 0 Å². The van der Waals surface area contributed by atoms with E-state index in [9.17, 15) is 4.79 Å². The van der Waals surface area contributed by atoms with Crippen LogP contribution in [0, 0.1) is 0 Å². The summed E-state index contributed by atoms with van der Waals surface area (Å²) in [6, 6.07) is 22.3. The van der Waals surface area contributed by atoms with Crippen LogP contribution in [0.5, 0.6) is 5.75 Å². The average Bonchev–Trinajstić information content (AvgIpc) is 2.74. The Morgan fingerprint density at radius 3 is 2.46 bits per heavy atom. The van der Waals surface area contributed by atoms with Crippen LogP contribution < -0.4 is 10.2 Å². The Morgan fingerprint density at radius 2 is 1.79 bits per heavy atom. The predicted molar refractivity (Wildman–Crippen MR) is 116 cm³/mol. The van der Waals surface area contributed by atoms with E-state index in [2.05, 4.69) is 10.5 Å². The molecule has 0 saturated carbocycles. The topological polar surface area (TPSA) is 50.7 Å². The maximum absolute atomic E-state index is 12.2. The van der Waals surface area contributed by atoms with E-state index in [-0.39, 0.29) is 5.91 Å². The fraction of sp³-hybridized carbons (Fsp3) is 0.0909. The number of ether oxygens (including phenoxy) is 1. The van der Waals surface area contributed by atoms with Gasteiger partial charge in [-0.15, -0.1) is 11.8 Å². The second-order valence-corrected chi connectivity index (χ2v) is 7.16. The van der Waals surface area contributed by atoms with Crippen molar-refractivity contribution in [2.75, 3.05) is 6.26 Å². The second kappa shape index (κ2) is 9.97. The van der Waals surface area contributed by atoms with Crippen molar-refractivity contribution in [1.82, 2.24) is 5.43 Å². The van der Waals surface area contributed by atoms with Crippen molar-refractivity contribution in [1.29, 1.82) is 0 Å². The van der Waals surface area contributed by atoms with E-state index in [4.69, 9.17) is 16.3 Å². The zero-order chi connectivity index (χ0) is 19.8. The third-order valence-corrected chi connectivity index (χ3v) is 5.08. The molecule has 0 saturated heterocycles. The second-order valence-electron chi connectivity index (χ2n) is 5.88. The summed E-state index contributed by atoms with van der Waals surface area (Å²) < 4.78 is 5.72. The number of hydrogen-bond acceptors (Lipinski definition) is 4. The van der Waals surface area contributed by atoms with Gasteiger partial charge in [-0.05, 0) is 54.3 Å². The minimum atomic E-state index is -0.283. The van der Waals surface area contributed by atoms with Gasteiger partial charge in [-0.2, -0.15) is 5.10 Å². The number of rotatable bonds is 7. The summed E-state index contributed by atoms with van der Waals surface area (Å²) in [4.78, 5) is 13.4. The molecule has 6 heteroatoms. The van der Waals surface area contributed by atoms with Gasteiger partial charge in [-0.3, -0.25) is 4.79 Å². The SMILES string of the molecule is CSc1ccc(C=NNC(=O)c2ccc(OCc3ccccc3Cl)cc2)cc1. The van der Waals surface area contributed by atoms with Gasteiger partial charge >= 0.3 is 0 Å². The third-order valence-electron chi connectivity index (χ3n) is 3.96. The Kier molecular flexibility index (Phi) is 7.12. The fourth-order valence-corrected chi connectivity index (χ4v) is 3.00. The van der Waals surface area contributed by atoms with Crippen molar-refractivity contribution >= 4 is 35.5 Å². The number of benzene rings is 3. The molecular formula is C22H19ClN2O2S. The summed E-state index contributed by atoms with van der Waals surface area (Å²) in [6.07, 6.45) is 3.64. The molecule has 0 unspecified atom stereocenters. The van der Waals surface area contributed by atoms with Crippen LogP contribution in [0.15, 0.2) is 82.8 Å². The fourth-order valence-electron chi connectivity index (χ4n) is 2.40. The maximum atomic E-state index is 12.2. The molecule has 0 bridgehead atoms. The molecule has 142 valence electrons. The van der Waals surface area contributed by atoms with Crippen LogP contribution in [0.4, 0.5) is 0 Å². The summed E-state index contributed by atoms with van der Waals surface area (Å²) in [7, 11) is 0. The van der Waals surface area contributed by atoms with Gasteiger partial charge in [0.2, 0.25) is 0 Å². The molecule has 0 aliphatic rings. The number of carbonyl (C=O) groups is 1. The van der Waals surface area contributed by atoms with Crippen molar-refractivity contribution in [2.45, 2.75) is 11.5 Å². The molecular weight excluding hydrogens is 392 g/mol. The zero-order valence-electron chi connectivity index (χ0n) is 15.3. The lowest BCUT2D eigenvalue weighted by Gasteiger charge is -2.08. The number of nitrogens with one attached hydrogen (secondary N) is 1. The number of amides is 1. The Hall–Kier alpha value is -2.76. The van der Waals surface area contributed by atoms with Gasteiger partial charge in [0.05, 0.1) is 6.21 Å². The van der Waals surface area contributed by atoms with Crippen molar-refractivity contribution in [3.8, 4) is 5.75 Å². The van der Waals surface area contributed by atoms with Crippen LogP contribution in [0.2, 0.25) is 5.02 Å². The van der Waals surface area contributed by atoms with E-state index in [0.29, 0.717) is 22.9 Å². The first-order valence-corrected chi connectivity index (χ1v) is 10.2. The lowest BCUT2D eigenvalue weighted by atomic mass is 10.2. The van der Waals surface area contributed by atoms with E-state index in [1.807, 2.05) is 54.8 Å². The Labute approximate surface area is 173 Å². The largest absolute Gasteiger partial charge is 0.489 e. The van der Waals surface area contributed by atoms with Crippen LogP contribution in [0.3, 0.4) is 0 Å². The third kappa shape index (κ3) is 5.62. The van der Waals surface area contributed by atoms with Gasteiger partial charge in [-0.1, -0.05) is 41.9 Å². The minimum Gasteiger partial charge on any atom is -0.489 e. The van der Waals surface area contributed by atoms with Gasteiger partial charge < -0.3 is 4.74 Å². The zero-order valence-corrected chi connectivity index (χ0v) is 16.8. The van der Waals surface area contributed by atoms with Gasteiger partial charge in [0.1, 0.15) is 12.4 Å². The molecule has 0 aliphatic carbocycles. The lowest BCUT2D eigenvalue weighted by Crippen LogP contribution is -2.17. The molecule has 0 heterocycles. The van der Waals surface area contributed by atoms with Crippen LogP contribution in [0.1, 0.15) is 21.5 Å². The van der Waals surface area contributed by atoms with Crippen LogP contribution >= 0.6 is 23.4 Å². The quantitative estimate of drug-likeness (QED) is 0.322. The van der Waals surface area contributed by atoms with E-state index in [1.54, 1.807) is 42.2 Å². The molecule has 0 aromatic heterocycles. The van der Waals surface area contributed by atoms with E-state index in [1.165, 1.54) is 4.90 Å². The highest BCUT2D eigenvalue weighted by atomic mass is 35.5. The monoisotopic (exact) mass is 410 g/mol. The van der Waals surface area contributed by atoms with Gasteiger partial charge in [0.25, 0.3) is 5.91 Å². The molecule has 3 rings (SSSR count). The molecule has 1 amide bonds. The summed E-state index contributed by atoms with van der Waals surface area (Å²) in [5, 5.41) is 4.67. The highest BCUT2D eigenvalue weighted by Gasteiger charge is 2.05. The number of hydrogen-bond donors (Lipinski definition) is 1. The van der Waals surface area contributed by atoms with Gasteiger partial charge in [-0.25, -0.2) is 5.43 Å². The van der Waals surface area contributed by atoms with E-state index >= 15 is 0 Å². The highest BCUT2D eigenvalue weighted by Crippen LogP contribution is 2.19. The first-order chi connectivity index (χ1) is 13.7. The summed E-state index contributed by atoms with van der Waals surface area (Å²) in [6.45, 7) is 0.366. The Morgan fingerprint density at radius 1 is 1.07 bits per heavy atom. The molecule has 3 aromatic rings. The standard InChI is InChI=1S/C22H19ClN2O2S/c1-28-20-12-6-16(7-13-20)14-24-25-22(26)17-8-10-19(11-9-17)27-15-18-4-2-3-5-21(18)23/h2-14H,15H2,1H3,(H,25,26). The summed E-state index contributed by atoms with van der Waals surface area (Å²) in [5.74, 6) is 0.378. The molecule has 3 aromatic carbocycles. The maximum Gasteiger partial charge on any atom is 0.271 e. The van der Waals surface area contributed by atoms with Crippen LogP contribution in [0.25, 0.3) is 0 Å². The van der Waals surface area contributed by atoms with Crippen molar-refractivity contribution in [3.05, 3.63) is 94.5 Å². The molecule has 4 nitrogen and oxygen atoms in total. The number of halogens is 1. The normalized spacial score (nSPS) is 10.8. The molecule has 0 aliphatic heterocycles. The molecule has 1 N–H and O–H groups in total. The van der Waals surface area contributed by atoms with Gasteiger partial charge in [0, 0.05) is 21.0 Å². The number of carbonyl (C=O) groups excluding carboxylic acids is 1. The summed E-state index contributed by atoms with van der Waals surface area (Å²) >= 11 is 7.79. The van der Waals surface area contributed by atoms with Crippen LogP contribution in [-0.4, -0.2) is 18.4 Å². The highest BCUT2D eigenvalue weighted by molar-refractivity contribution is 7.98. The Bertz CT molecular complexity index is 957. The number of nitrogens with zero attached hydrogens (tertiary/aromatic N) is 1. The van der Waals surface area contributed by atoms with Crippen molar-refractivity contribution in [3.63, 3.8) is 0 Å². The molecule has 0 atom stereocenters. The molecule has 0 spiro atoms. The first kappa shape index (κ1) is 20.0. The lowest BCUT2D eigenvalue weighted by molar-refractivity contribution is 0.0955. The molecule has 0 radical (unpaired) electrons. The molecule has 0 fully saturated rings. The number of thioether (sulfide) groups is 1. The predicted octanol–water partition coefficient (Wildman–Crippen LogP) is 5.40. The average molecular weight is 411 g/mol. The van der Waals surface area contributed by atoms with Crippen molar-refractivity contribution < 1.29 is 9.53 Å². The number of hydrazone groups is 1.